The molecular weight excluding hydrogens is 791 g/mol. The third-order valence-corrected chi connectivity index (χ3v) is 12.1. The molecule has 3 saturated heterocycles. The molecule has 0 radical (unpaired) electrons. The van der Waals surface area contributed by atoms with E-state index in [0.717, 1.165) is 85.8 Å². The first-order chi connectivity index (χ1) is 29.1. The van der Waals surface area contributed by atoms with Gasteiger partial charge < -0.3 is 76.4 Å². The summed E-state index contributed by atoms with van der Waals surface area (Å²) >= 11 is 0. The number of rotatable bonds is 18. The van der Waals surface area contributed by atoms with E-state index in [1.165, 1.54) is 0 Å². The van der Waals surface area contributed by atoms with Gasteiger partial charge in [0.1, 0.15) is 48.1 Å². The molecule has 0 bridgehead atoms. The van der Waals surface area contributed by atoms with Crippen molar-refractivity contribution in [3.8, 4) is 11.5 Å². The number of aryl methyl sites for hydroxylation is 2. The number of aromatic hydroxyl groups is 2. The number of nitrogens with one attached hydrogen (secondary N) is 1. The fourth-order valence-electron chi connectivity index (χ4n) is 8.25. The first-order valence-corrected chi connectivity index (χ1v) is 21.5. The summed E-state index contributed by atoms with van der Waals surface area (Å²) in [5.74, 6) is 0.351. The van der Waals surface area contributed by atoms with Gasteiger partial charge in [0.2, 0.25) is 0 Å². The lowest BCUT2D eigenvalue weighted by Crippen LogP contribution is -2.51. The molecule has 17 heteroatoms. The SMILES string of the molecule is Cc1cc(C=C2CCN2CC(O)C(O)C(O)C(O)CO)c(O)c(CN2CCCNCCN(Cc3cc(C)cc(C=C4CCN4CC(O)C(O)C(O)C(O)CO)c3O)CCC2)c1. The number of aliphatic hydroxyl groups is 10. The predicted molar refractivity (Wildman–Crippen MR) is 229 cm³/mol. The molecule has 3 fully saturated rings. The van der Waals surface area contributed by atoms with E-state index in [1.807, 2.05) is 60.1 Å². The van der Waals surface area contributed by atoms with Crippen LogP contribution in [0.5, 0.6) is 11.5 Å². The van der Waals surface area contributed by atoms with E-state index in [0.29, 0.717) is 50.1 Å². The highest BCUT2D eigenvalue weighted by molar-refractivity contribution is 5.64. The molecule has 8 atom stereocenters. The molecule has 13 N–H and O–H groups in total. The van der Waals surface area contributed by atoms with Crippen LogP contribution in [0.25, 0.3) is 12.2 Å². The molecule has 5 rings (SSSR count). The van der Waals surface area contributed by atoms with E-state index in [2.05, 4.69) is 15.1 Å². The van der Waals surface area contributed by atoms with E-state index in [-0.39, 0.29) is 24.6 Å². The highest BCUT2D eigenvalue weighted by atomic mass is 16.4. The molecule has 3 heterocycles. The zero-order valence-electron chi connectivity index (χ0n) is 35.5. The number of hydrogen-bond acceptors (Lipinski definition) is 17. The zero-order chi connectivity index (χ0) is 44.4. The van der Waals surface area contributed by atoms with Gasteiger partial charge in [-0.05, 0) is 88.3 Å². The maximum absolute atomic E-state index is 11.5. The predicted octanol–water partition coefficient (Wildman–Crippen LogP) is -1.63. The van der Waals surface area contributed by atoms with Crippen molar-refractivity contribution in [1.82, 2.24) is 24.9 Å². The van der Waals surface area contributed by atoms with Crippen LogP contribution >= 0.6 is 0 Å². The average Bonchev–Trinajstić information content (AvgIpc) is 3.28. The molecule has 3 aliphatic heterocycles. The number of β-amino-alcohol motifs (C(OH)–C–C–N with tert-alkyl or cyclic N) is 2. The summed E-state index contributed by atoms with van der Waals surface area (Å²) in [6.07, 6.45) is -5.65. The molecule has 2 aromatic carbocycles. The van der Waals surface area contributed by atoms with Gasteiger partial charge in [-0.15, -0.1) is 0 Å². The molecule has 0 aromatic heterocycles. The summed E-state index contributed by atoms with van der Waals surface area (Å²) in [7, 11) is 0. The number of benzene rings is 2. The number of hydrogen-bond donors (Lipinski definition) is 13. The minimum atomic E-state index is -1.70. The van der Waals surface area contributed by atoms with Crippen LogP contribution in [0.2, 0.25) is 0 Å². The Labute approximate surface area is 358 Å². The second-order valence-electron chi connectivity index (χ2n) is 17.0. The van der Waals surface area contributed by atoms with Crippen molar-refractivity contribution in [1.29, 1.82) is 0 Å². The summed E-state index contributed by atoms with van der Waals surface area (Å²) in [6.45, 7) is 9.55. The van der Waals surface area contributed by atoms with Crippen LogP contribution in [0.1, 0.15) is 59.1 Å². The lowest BCUT2D eigenvalue weighted by atomic mass is 9.98. The van der Waals surface area contributed by atoms with E-state index in [4.69, 9.17) is 10.2 Å². The monoisotopic (exact) mass is 859 g/mol. The molecule has 2 aromatic rings. The van der Waals surface area contributed by atoms with Crippen molar-refractivity contribution in [2.24, 2.45) is 0 Å². The van der Waals surface area contributed by atoms with Crippen LogP contribution in [-0.4, -0.2) is 208 Å². The molecule has 8 unspecified atom stereocenters. The number of phenols is 2. The van der Waals surface area contributed by atoms with E-state index in [9.17, 15) is 51.1 Å². The second kappa shape index (κ2) is 22.8. The van der Waals surface area contributed by atoms with Gasteiger partial charge in [0, 0.05) is 98.8 Å². The Morgan fingerprint density at radius 1 is 0.541 bits per heavy atom. The van der Waals surface area contributed by atoms with Crippen LogP contribution in [0.15, 0.2) is 35.7 Å². The van der Waals surface area contributed by atoms with Crippen molar-refractivity contribution in [3.05, 3.63) is 69.0 Å². The third kappa shape index (κ3) is 13.1. The average molecular weight is 860 g/mol. The van der Waals surface area contributed by atoms with Crippen LogP contribution in [-0.2, 0) is 13.1 Å². The number of phenolic OH excluding ortho intramolecular Hbond substituents is 2. The molecule has 17 nitrogen and oxygen atoms in total. The first kappa shape index (κ1) is 48.6. The van der Waals surface area contributed by atoms with Crippen LogP contribution in [0.4, 0.5) is 0 Å². The van der Waals surface area contributed by atoms with E-state index >= 15 is 0 Å². The van der Waals surface area contributed by atoms with Gasteiger partial charge in [0.15, 0.2) is 0 Å². The van der Waals surface area contributed by atoms with Gasteiger partial charge in [-0.3, -0.25) is 9.80 Å². The van der Waals surface area contributed by atoms with E-state index < -0.39 is 62.0 Å². The summed E-state index contributed by atoms with van der Waals surface area (Å²) in [4.78, 5) is 8.37. The minimum absolute atomic E-state index is 0.00734. The second-order valence-corrected chi connectivity index (χ2v) is 17.0. The Morgan fingerprint density at radius 2 is 0.951 bits per heavy atom. The molecule has 0 saturated carbocycles. The molecule has 0 aliphatic carbocycles. The summed E-state index contributed by atoms with van der Waals surface area (Å²) in [5, 5.41) is 126. The highest BCUT2D eigenvalue weighted by Gasteiger charge is 2.35. The van der Waals surface area contributed by atoms with Crippen molar-refractivity contribution in [2.45, 2.75) is 101 Å². The topological polar surface area (TPSA) is 268 Å². The zero-order valence-corrected chi connectivity index (χ0v) is 35.5. The third-order valence-electron chi connectivity index (χ3n) is 12.1. The number of nitrogens with zero attached hydrogens (tertiary/aromatic N) is 4. The lowest BCUT2D eigenvalue weighted by molar-refractivity contribution is -0.119. The van der Waals surface area contributed by atoms with Gasteiger partial charge in [-0.1, -0.05) is 12.1 Å². The van der Waals surface area contributed by atoms with Gasteiger partial charge in [0.25, 0.3) is 0 Å². The fourth-order valence-corrected chi connectivity index (χ4v) is 8.25. The molecule has 342 valence electrons. The van der Waals surface area contributed by atoms with Gasteiger partial charge in [-0.25, -0.2) is 0 Å². The van der Waals surface area contributed by atoms with Gasteiger partial charge >= 0.3 is 0 Å². The smallest absolute Gasteiger partial charge is 0.127 e. The lowest BCUT2D eigenvalue weighted by Gasteiger charge is -2.39. The summed E-state index contributed by atoms with van der Waals surface area (Å²) < 4.78 is 0. The minimum Gasteiger partial charge on any atom is -0.507 e. The van der Waals surface area contributed by atoms with Gasteiger partial charge in [-0.2, -0.15) is 0 Å². The maximum atomic E-state index is 11.5. The van der Waals surface area contributed by atoms with Crippen molar-refractivity contribution in [3.63, 3.8) is 0 Å². The van der Waals surface area contributed by atoms with Crippen molar-refractivity contribution >= 4 is 12.2 Å². The Morgan fingerprint density at radius 3 is 1.36 bits per heavy atom. The van der Waals surface area contributed by atoms with Crippen LogP contribution in [0, 0.1) is 13.8 Å². The Balaban J connectivity index is 1.21. The van der Waals surface area contributed by atoms with Gasteiger partial charge in [0.05, 0.1) is 25.4 Å². The fraction of sp³-hybridized carbons (Fsp3) is 0.636. The summed E-state index contributed by atoms with van der Waals surface area (Å²) in [5.41, 5.74) is 6.56. The molecule has 0 amide bonds. The molecule has 0 spiro atoms. The standard InChI is InChI=1S/C44H69N5O12/c1-27-15-29(19-33-5-12-48(33)23-35(52)41(58)43(60)37(54)25-50)39(56)31(17-27)21-46-9-3-7-45-8-14-47(11-4-10-46)22-32-18-28(2)16-30(40(32)57)20-34-6-13-49(34)24-36(53)42(59)44(61)38(55)26-51/h15-20,35-38,41-45,50-61H,3-14,21-26H2,1-2H3. The highest BCUT2D eigenvalue weighted by Crippen LogP contribution is 2.34. The molecular formula is C44H69N5O12. The first-order valence-electron chi connectivity index (χ1n) is 21.5. The Bertz CT molecular complexity index is 1660. The molecule has 3 aliphatic rings. The Hall–Kier alpha value is -3.40. The summed E-state index contributed by atoms with van der Waals surface area (Å²) in [6, 6.07) is 7.80. The van der Waals surface area contributed by atoms with Crippen molar-refractivity contribution in [2.75, 3.05) is 78.7 Å². The van der Waals surface area contributed by atoms with E-state index in [1.54, 1.807) is 0 Å². The normalized spacial score (nSPS) is 22.8. The number of likely N-dealkylation sites (tertiary alicyclic amines) is 2. The maximum Gasteiger partial charge on any atom is 0.127 e. The Kier molecular flexibility index (Phi) is 18.2. The van der Waals surface area contributed by atoms with Crippen LogP contribution < -0.4 is 5.32 Å². The number of aliphatic hydroxyl groups excluding tert-OH is 10. The van der Waals surface area contributed by atoms with Crippen LogP contribution in [0.3, 0.4) is 0 Å². The molecule has 61 heavy (non-hydrogen) atoms. The largest absolute Gasteiger partial charge is 0.507 e. The quantitative estimate of drug-likeness (QED) is 0.0802. The van der Waals surface area contributed by atoms with Crippen molar-refractivity contribution < 1.29 is 61.3 Å².